The van der Waals surface area contributed by atoms with E-state index in [9.17, 15) is 21.6 Å². The number of carbonyl (C=O) groups is 1. The van der Waals surface area contributed by atoms with E-state index in [1.54, 1.807) is 6.92 Å². The van der Waals surface area contributed by atoms with E-state index >= 15 is 0 Å². The molecule has 0 spiro atoms. The van der Waals surface area contributed by atoms with Crippen LogP contribution in [0.25, 0.3) is 0 Å². The van der Waals surface area contributed by atoms with Crippen LogP contribution in [0.4, 0.5) is 11.4 Å². The first-order valence-corrected chi connectivity index (χ1v) is 13.5. The van der Waals surface area contributed by atoms with E-state index in [1.165, 1.54) is 24.3 Å². The Bertz CT molecular complexity index is 1210. The number of nitrogens with zero attached hydrogens (tertiary/aromatic N) is 3. The van der Waals surface area contributed by atoms with Crippen molar-refractivity contribution in [2.24, 2.45) is 5.92 Å². The molecule has 1 fully saturated rings. The first-order valence-electron chi connectivity index (χ1n) is 10.4. The van der Waals surface area contributed by atoms with Crippen LogP contribution in [0.2, 0.25) is 0 Å². The molecule has 11 heteroatoms. The summed E-state index contributed by atoms with van der Waals surface area (Å²) in [5.41, 5.74) is 2.15. The maximum atomic E-state index is 12.9. The maximum absolute atomic E-state index is 12.9. The molecule has 1 aliphatic heterocycles. The summed E-state index contributed by atoms with van der Waals surface area (Å²) in [4.78, 5) is 16.2. The van der Waals surface area contributed by atoms with Gasteiger partial charge in [0.1, 0.15) is 0 Å². The number of hydrogen-bond acceptors (Lipinski definition) is 7. The third-order valence-electron chi connectivity index (χ3n) is 5.63. The van der Waals surface area contributed by atoms with Gasteiger partial charge < -0.3 is 9.80 Å². The summed E-state index contributed by atoms with van der Waals surface area (Å²) in [7, 11) is 0.0615. The van der Waals surface area contributed by atoms with Crippen LogP contribution in [0.3, 0.4) is 0 Å². The number of sulfonamides is 2. The molecule has 0 saturated carbocycles. The van der Waals surface area contributed by atoms with Gasteiger partial charge in [0.05, 0.1) is 22.3 Å². The smallest absolute Gasteiger partial charge is 0.244 e. The van der Waals surface area contributed by atoms with Gasteiger partial charge in [0.2, 0.25) is 26.0 Å². The van der Waals surface area contributed by atoms with Crippen molar-refractivity contribution in [2.75, 3.05) is 49.7 Å². The molecular formula is C22H30N4O5S2. The standard InChI is InChI=1S/C22H30N4O5S2/c1-16-15-32(28,29)26(22(16)27)19-10-12-20(13-11-19)33(30,31)23-14-21(25(4)5)17-6-8-18(9-7-17)24(2)3/h6-13,16,21,23H,14-15H2,1-5H3. The maximum Gasteiger partial charge on any atom is 0.244 e. The zero-order chi connectivity index (χ0) is 24.6. The van der Waals surface area contributed by atoms with Crippen LogP contribution in [-0.2, 0) is 24.8 Å². The van der Waals surface area contributed by atoms with E-state index in [-0.39, 0.29) is 28.9 Å². The Morgan fingerprint density at radius 2 is 1.61 bits per heavy atom. The zero-order valence-corrected chi connectivity index (χ0v) is 21.0. The van der Waals surface area contributed by atoms with Crippen molar-refractivity contribution in [3.63, 3.8) is 0 Å². The Hall–Kier alpha value is -2.47. The van der Waals surface area contributed by atoms with Gasteiger partial charge in [0.15, 0.2) is 0 Å². The van der Waals surface area contributed by atoms with Crippen LogP contribution in [0.1, 0.15) is 18.5 Å². The number of amides is 1. The summed E-state index contributed by atoms with van der Waals surface area (Å²) in [5, 5.41) is 0. The lowest BCUT2D eigenvalue weighted by atomic mass is 10.1. The SMILES string of the molecule is CC1CS(=O)(=O)N(c2ccc(S(=O)(=O)NCC(c3ccc(N(C)C)cc3)N(C)C)cc2)C1=O. The molecule has 0 radical (unpaired) electrons. The molecule has 1 heterocycles. The van der Waals surface area contributed by atoms with Crippen LogP contribution < -0.4 is 13.9 Å². The number of rotatable bonds is 8. The first-order chi connectivity index (χ1) is 15.3. The van der Waals surface area contributed by atoms with Crippen LogP contribution >= 0.6 is 0 Å². The van der Waals surface area contributed by atoms with Gasteiger partial charge in [-0.25, -0.2) is 25.9 Å². The minimum Gasteiger partial charge on any atom is -0.378 e. The predicted molar refractivity (Wildman–Crippen MR) is 129 cm³/mol. The summed E-state index contributed by atoms with van der Waals surface area (Å²) >= 11 is 0. The van der Waals surface area contributed by atoms with Gasteiger partial charge in [-0.15, -0.1) is 0 Å². The Labute approximate surface area is 196 Å². The zero-order valence-electron chi connectivity index (χ0n) is 19.4. The average Bonchev–Trinajstić information content (AvgIpc) is 2.94. The number of hydrogen-bond donors (Lipinski definition) is 1. The second kappa shape index (κ2) is 9.41. The molecule has 180 valence electrons. The lowest BCUT2D eigenvalue weighted by Crippen LogP contribution is -2.34. The van der Waals surface area contributed by atoms with Crippen molar-refractivity contribution in [2.45, 2.75) is 17.9 Å². The summed E-state index contributed by atoms with van der Waals surface area (Å²) in [6.45, 7) is 1.70. The summed E-state index contributed by atoms with van der Waals surface area (Å²) in [5.74, 6) is -1.40. The Morgan fingerprint density at radius 1 is 1.03 bits per heavy atom. The molecule has 9 nitrogen and oxygen atoms in total. The van der Waals surface area contributed by atoms with Crippen LogP contribution in [-0.4, -0.2) is 68.1 Å². The first kappa shape index (κ1) is 25.2. The highest BCUT2D eigenvalue weighted by molar-refractivity contribution is 7.94. The molecule has 1 aliphatic rings. The van der Waals surface area contributed by atoms with Gasteiger partial charge in [-0.3, -0.25) is 4.79 Å². The molecule has 2 aromatic carbocycles. The minimum atomic E-state index is -3.85. The molecule has 0 aromatic heterocycles. The second-order valence-corrected chi connectivity index (χ2v) is 12.2. The molecule has 3 rings (SSSR count). The highest BCUT2D eigenvalue weighted by atomic mass is 32.2. The number of carbonyl (C=O) groups excluding carboxylic acids is 1. The molecule has 0 bridgehead atoms. The van der Waals surface area contributed by atoms with Crippen LogP contribution in [0.15, 0.2) is 53.4 Å². The molecule has 2 unspecified atom stereocenters. The monoisotopic (exact) mass is 494 g/mol. The van der Waals surface area contributed by atoms with Crippen LogP contribution in [0.5, 0.6) is 0 Å². The van der Waals surface area contributed by atoms with Crippen molar-refractivity contribution < 1.29 is 21.6 Å². The van der Waals surface area contributed by atoms with E-state index in [0.717, 1.165) is 15.6 Å². The molecule has 1 saturated heterocycles. The molecule has 1 N–H and O–H groups in total. The third-order valence-corrected chi connectivity index (χ3v) is 8.93. The van der Waals surface area contributed by atoms with E-state index in [4.69, 9.17) is 0 Å². The summed E-state index contributed by atoms with van der Waals surface area (Å²) in [6.07, 6.45) is 0. The lowest BCUT2D eigenvalue weighted by molar-refractivity contribution is -0.119. The molecule has 2 atom stereocenters. The van der Waals surface area contributed by atoms with E-state index < -0.39 is 31.9 Å². The number of likely N-dealkylation sites (N-methyl/N-ethyl adjacent to an activating group) is 1. The summed E-state index contributed by atoms with van der Waals surface area (Å²) < 4.78 is 53.7. The minimum absolute atomic E-state index is 0.0104. The van der Waals surface area contributed by atoms with E-state index in [0.29, 0.717) is 0 Å². The topological polar surface area (TPSA) is 107 Å². The Balaban J connectivity index is 1.76. The number of benzene rings is 2. The largest absolute Gasteiger partial charge is 0.378 e. The number of nitrogens with one attached hydrogen (secondary N) is 1. The van der Waals surface area contributed by atoms with Gasteiger partial charge in [0, 0.05) is 32.4 Å². The predicted octanol–water partition coefficient (Wildman–Crippen LogP) is 1.65. The van der Waals surface area contributed by atoms with Crippen LogP contribution in [0, 0.1) is 5.92 Å². The lowest BCUT2D eigenvalue weighted by Gasteiger charge is -2.26. The van der Waals surface area contributed by atoms with Crippen molar-refractivity contribution in [3.05, 3.63) is 54.1 Å². The second-order valence-electron chi connectivity index (χ2n) is 8.59. The Kier molecular flexibility index (Phi) is 7.18. The van der Waals surface area contributed by atoms with Crippen molar-refractivity contribution in [1.82, 2.24) is 9.62 Å². The normalized spacial score (nSPS) is 19.2. The molecule has 0 aliphatic carbocycles. The highest BCUT2D eigenvalue weighted by Gasteiger charge is 2.42. The van der Waals surface area contributed by atoms with Crippen molar-refractivity contribution in [1.29, 1.82) is 0 Å². The fourth-order valence-electron chi connectivity index (χ4n) is 3.71. The molecule has 2 aromatic rings. The fraction of sp³-hybridized carbons (Fsp3) is 0.409. The van der Waals surface area contributed by atoms with Gasteiger partial charge in [-0.05, 0) is 56.1 Å². The Morgan fingerprint density at radius 3 is 2.06 bits per heavy atom. The average molecular weight is 495 g/mol. The van der Waals surface area contributed by atoms with Crippen molar-refractivity contribution >= 4 is 37.3 Å². The van der Waals surface area contributed by atoms with Gasteiger partial charge in [-0.2, -0.15) is 0 Å². The van der Waals surface area contributed by atoms with Gasteiger partial charge in [0.25, 0.3) is 0 Å². The summed E-state index contributed by atoms with van der Waals surface area (Å²) in [6, 6.07) is 13.0. The van der Waals surface area contributed by atoms with Gasteiger partial charge in [-0.1, -0.05) is 19.1 Å². The quantitative estimate of drug-likeness (QED) is 0.595. The van der Waals surface area contributed by atoms with Gasteiger partial charge >= 0.3 is 0 Å². The van der Waals surface area contributed by atoms with E-state index in [1.807, 2.05) is 62.3 Å². The molecule has 33 heavy (non-hydrogen) atoms. The molecular weight excluding hydrogens is 464 g/mol. The van der Waals surface area contributed by atoms with E-state index in [2.05, 4.69) is 4.72 Å². The molecule has 1 amide bonds. The fourth-order valence-corrected chi connectivity index (χ4v) is 6.57. The van der Waals surface area contributed by atoms with Crippen molar-refractivity contribution in [3.8, 4) is 0 Å². The third kappa shape index (κ3) is 5.37. The highest BCUT2D eigenvalue weighted by Crippen LogP contribution is 2.29. The number of anilines is 2.